The standard InChI is InChI=1S/C23H40O3/c1-16(2)18(4)14-17(3)11-12-21-19(5)15-20(26-21)10-9-13-25-22(24)23(6,7)8/h17-18,20-21H,1,5,9-15H2,2-4,6-8H3/t17-,18-,20+,21?/m1/s1. The Hall–Kier alpha value is -1.09. The molecule has 0 aromatic rings. The molecule has 0 aromatic carbocycles. The van der Waals surface area contributed by atoms with E-state index in [1.54, 1.807) is 0 Å². The molecule has 0 spiro atoms. The summed E-state index contributed by atoms with van der Waals surface area (Å²) in [6, 6.07) is 0. The van der Waals surface area contributed by atoms with E-state index in [1.807, 2.05) is 20.8 Å². The zero-order valence-corrected chi connectivity index (χ0v) is 17.9. The van der Waals surface area contributed by atoms with Crippen LogP contribution in [0, 0.1) is 17.3 Å². The van der Waals surface area contributed by atoms with Crippen molar-refractivity contribution in [3.05, 3.63) is 24.3 Å². The second kappa shape index (κ2) is 10.3. The number of rotatable bonds is 10. The van der Waals surface area contributed by atoms with Crippen molar-refractivity contribution in [1.29, 1.82) is 0 Å². The van der Waals surface area contributed by atoms with Crippen LogP contribution in [0.4, 0.5) is 0 Å². The summed E-state index contributed by atoms with van der Waals surface area (Å²) in [5, 5.41) is 0. The van der Waals surface area contributed by atoms with Crippen LogP contribution in [0.2, 0.25) is 0 Å². The highest BCUT2D eigenvalue weighted by molar-refractivity contribution is 5.75. The van der Waals surface area contributed by atoms with Crippen molar-refractivity contribution in [2.75, 3.05) is 6.61 Å². The minimum absolute atomic E-state index is 0.134. The van der Waals surface area contributed by atoms with Crippen LogP contribution in [0.25, 0.3) is 0 Å². The fourth-order valence-electron chi connectivity index (χ4n) is 3.29. The first-order chi connectivity index (χ1) is 12.0. The van der Waals surface area contributed by atoms with Crippen molar-refractivity contribution >= 4 is 5.97 Å². The van der Waals surface area contributed by atoms with Gasteiger partial charge in [-0.1, -0.05) is 32.6 Å². The number of hydrogen-bond donors (Lipinski definition) is 0. The average Bonchev–Trinajstić information content (AvgIpc) is 2.88. The SMILES string of the molecule is C=C1C[C@H](CCCOC(=O)C(C)(C)C)OC1CC[C@@H](C)C[C@@H](C)C(=C)C. The van der Waals surface area contributed by atoms with Gasteiger partial charge in [0.15, 0.2) is 0 Å². The molecule has 0 radical (unpaired) electrons. The van der Waals surface area contributed by atoms with Crippen LogP contribution in [0.5, 0.6) is 0 Å². The molecule has 1 fully saturated rings. The van der Waals surface area contributed by atoms with Crippen molar-refractivity contribution in [2.45, 2.75) is 92.3 Å². The first-order valence-electron chi connectivity index (χ1n) is 10.2. The topological polar surface area (TPSA) is 35.5 Å². The summed E-state index contributed by atoms with van der Waals surface area (Å²) >= 11 is 0. The van der Waals surface area contributed by atoms with E-state index in [4.69, 9.17) is 9.47 Å². The Kier molecular flexibility index (Phi) is 9.09. The number of carbonyl (C=O) groups excluding carboxylic acids is 1. The number of esters is 1. The molecule has 0 saturated carbocycles. The molecule has 3 nitrogen and oxygen atoms in total. The van der Waals surface area contributed by atoms with Crippen molar-refractivity contribution in [2.24, 2.45) is 17.3 Å². The van der Waals surface area contributed by atoms with Crippen LogP contribution in [-0.2, 0) is 14.3 Å². The zero-order chi connectivity index (χ0) is 19.9. The van der Waals surface area contributed by atoms with Crippen molar-refractivity contribution < 1.29 is 14.3 Å². The fourth-order valence-corrected chi connectivity index (χ4v) is 3.29. The van der Waals surface area contributed by atoms with Crippen LogP contribution in [0.15, 0.2) is 24.3 Å². The van der Waals surface area contributed by atoms with Gasteiger partial charge in [0.25, 0.3) is 0 Å². The smallest absolute Gasteiger partial charge is 0.311 e. The van der Waals surface area contributed by atoms with Gasteiger partial charge in [0, 0.05) is 0 Å². The van der Waals surface area contributed by atoms with E-state index in [0.717, 1.165) is 32.1 Å². The van der Waals surface area contributed by atoms with E-state index in [2.05, 4.69) is 33.9 Å². The van der Waals surface area contributed by atoms with Crippen LogP contribution in [-0.4, -0.2) is 24.8 Å². The predicted molar refractivity (Wildman–Crippen MR) is 109 cm³/mol. The predicted octanol–water partition coefficient (Wildman–Crippen LogP) is 6.09. The first kappa shape index (κ1) is 23.0. The van der Waals surface area contributed by atoms with Crippen LogP contribution < -0.4 is 0 Å². The van der Waals surface area contributed by atoms with Gasteiger partial charge < -0.3 is 9.47 Å². The lowest BCUT2D eigenvalue weighted by Crippen LogP contribution is -2.23. The number of ether oxygens (including phenoxy) is 2. The van der Waals surface area contributed by atoms with Gasteiger partial charge in [0.1, 0.15) is 0 Å². The van der Waals surface area contributed by atoms with Gasteiger partial charge in [-0.2, -0.15) is 0 Å². The Morgan fingerprint density at radius 1 is 1.31 bits per heavy atom. The van der Waals surface area contributed by atoms with E-state index in [0.29, 0.717) is 18.4 Å². The molecule has 1 heterocycles. The minimum atomic E-state index is -0.429. The molecule has 1 unspecified atom stereocenters. The van der Waals surface area contributed by atoms with E-state index in [-0.39, 0.29) is 18.2 Å². The van der Waals surface area contributed by atoms with Gasteiger partial charge in [-0.15, -0.1) is 0 Å². The van der Waals surface area contributed by atoms with Crippen molar-refractivity contribution in [3.8, 4) is 0 Å². The third kappa shape index (κ3) is 8.07. The number of allylic oxidation sites excluding steroid dienone is 1. The molecule has 0 aliphatic carbocycles. The normalized spacial score (nSPS) is 22.9. The van der Waals surface area contributed by atoms with E-state index in [9.17, 15) is 4.79 Å². The third-order valence-electron chi connectivity index (χ3n) is 5.34. The molecule has 1 aliphatic heterocycles. The molecule has 1 rings (SSSR count). The molecular weight excluding hydrogens is 324 g/mol. The van der Waals surface area contributed by atoms with E-state index in [1.165, 1.54) is 17.6 Å². The van der Waals surface area contributed by atoms with Gasteiger partial charge in [-0.25, -0.2) is 0 Å². The Balaban J connectivity index is 2.25. The molecular formula is C23H40O3. The molecule has 0 amide bonds. The van der Waals surface area contributed by atoms with Gasteiger partial charge in [-0.05, 0) is 83.6 Å². The second-order valence-electron chi connectivity index (χ2n) is 9.30. The summed E-state index contributed by atoms with van der Waals surface area (Å²) in [4.78, 5) is 11.8. The van der Waals surface area contributed by atoms with Gasteiger partial charge in [0.05, 0.1) is 24.2 Å². The Bertz CT molecular complexity index is 486. The molecule has 0 bridgehead atoms. The molecule has 3 heteroatoms. The maximum absolute atomic E-state index is 11.8. The van der Waals surface area contributed by atoms with E-state index >= 15 is 0 Å². The third-order valence-corrected chi connectivity index (χ3v) is 5.34. The highest BCUT2D eigenvalue weighted by Crippen LogP contribution is 2.32. The summed E-state index contributed by atoms with van der Waals surface area (Å²) in [7, 11) is 0. The zero-order valence-electron chi connectivity index (χ0n) is 17.9. The van der Waals surface area contributed by atoms with Crippen molar-refractivity contribution in [3.63, 3.8) is 0 Å². The molecule has 150 valence electrons. The number of carbonyl (C=O) groups is 1. The highest BCUT2D eigenvalue weighted by Gasteiger charge is 2.29. The quantitative estimate of drug-likeness (QED) is 0.267. The average molecular weight is 365 g/mol. The Morgan fingerprint density at radius 3 is 2.54 bits per heavy atom. The largest absolute Gasteiger partial charge is 0.465 e. The van der Waals surface area contributed by atoms with E-state index < -0.39 is 5.41 Å². The molecule has 1 saturated heterocycles. The Morgan fingerprint density at radius 2 is 1.96 bits per heavy atom. The van der Waals surface area contributed by atoms with Gasteiger partial charge >= 0.3 is 5.97 Å². The summed E-state index contributed by atoms with van der Waals surface area (Å²) < 4.78 is 11.5. The molecule has 26 heavy (non-hydrogen) atoms. The lowest BCUT2D eigenvalue weighted by Gasteiger charge is -2.20. The Labute approximate surface area is 161 Å². The van der Waals surface area contributed by atoms with Gasteiger partial charge in [-0.3, -0.25) is 4.79 Å². The lowest BCUT2D eigenvalue weighted by molar-refractivity contribution is -0.153. The molecule has 4 atom stereocenters. The summed E-state index contributed by atoms with van der Waals surface area (Å²) in [6.07, 6.45) is 6.54. The maximum atomic E-state index is 11.8. The molecule has 0 N–H and O–H groups in total. The van der Waals surface area contributed by atoms with Crippen molar-refractivity contribution in [1.82, 2.24) is 0 Å². The monoisotopic (exact) mass is 364 g/mol. The summed E-state index contributed by atoms with van der Waals surface area (Å²) in [6.45, 7) is 21.1. The lowest BCUT2D eigenvalue weighted by atomic mass is 9.88. The molecule has 0 aromatic heterocycles. The van der Waals surface area contributed by atoms with Gasteiger partial charge in [0.2, 0.25) is 0 Å². The van der Waals surface area contributed by atoms with Crippen LogP contribution in [0.1, 0.15) is 80.1 Å². The fraction of sp³-hybridized carbons (Fsp3) is 0.783. The second-order valence-corrected chi connectivity index (χ2v) is 9.30. The first-order valence-corrected chi connectivity index (χ1v) is 10.2. The minimum Gasteiger partial charge on any atom is -0.465 e. The summed E-state index contributed by atoms with van der Waals surface area (Å²) in [5.41, 5.74) is 2.06. The number of hydrogen-bond acceptors (Lipinski definition) is 3. The maximum Gasteiger partial charge on any atom is 0.311 e. The highest BCUT2D eigenvalue weighted by atomic mass is 16.5. The summed E-state index contributed by atoms with van der Waals surface area (Å²) in [5.74, 6) is 1.13. The van der Waals surface area contributed by atoms with Crippen LogP contribution in [0.3, 0.4) is 0 Å². The van der Waals surface area contributed by atoms with Crippen LogP contribution >= 0.6 is 0 Å². The molecule has 1 aliphatic rings.